The zero-order valence-corrected chi connectivity index (χ0v) is 48.7. The molecule has 0 aromatic rings. The molecule has 0 N–H and O–H groups in total. The van der Waals surface area contributed by atoms with Gasteiger partial charge < -0.3 is 14.2 Å². The highest BCUT2D eigenvalue weighted by molar-refractivity contribution is 5.70. The summed E-state index contributed by atoms with van der Waals surface area (Å²) in [5.41, 5.74) is 0. The van der Waals surface area contributed by atoms with Crippen LogP contribution in [0.25, 0.3) is 0 Å². The first-order chi connectivity index (χ1) is 35.6. The van der Waals surface area contributed by atoms with E-state index in [2.05, 4.69) is 69.4 Å². The number of carbonyl (C=O) groups excluding carboxylic acids is 2. The molecule has 72 heavy (non-hydrogen) atoms. The molecule has 0 radical (unpaired) electrons. The second-order valence-electron chi connectivity index (χ2n) is 21.7. The Morgan fingerprint density at radius 2 is 0.583 bits per heavy atom. The van der Waals surface area contributed by atoms with Crippen molar-refractivity contribution in [2.75, 3.05) is 19.8 Å². The standard InChI is InChI=1S/C67H124O5/c1-4-7-10-13-16-19-22-25-28-31-34-36-39-42-45-48-51-54-57-60-66(68)71-64-65(63-70-62-59-56-53-50-47-44-41-38-33-30-27-24-21-18-15-12-9-6-3)72-67(69)61-58-55-52-49-46-43-40-37-35-32-29-26-23-20-17-14-11-8-5-2/h16,19,25-30,65H,4-15,17-18,20-24,31-64H2,1-3H3/b19-16-,28-25-,29-26-,30-27-. The zero-order chi connectivity index (χ0) is 52.0. The van der Waals surface area contributed by atoms with Gasteiger partial charge in [0.1, 0.15) is 6.61 Å². The monoisotopic (exact) mass is 1010 g/mol. The number of hydrogen-bond donors (Lipinski definition) is 0. The maximum atomic E-state index is 12.9. The van der Waals surface area contributed by atoms with E-state index in [1.165, 1.54) is 263 Å². The first kappa shape index (κ1) is 69.9. The Morgan fingerprint density at radius 1 is 0.306 bits per heavy atom. The highest BCUT2D eigenvalue weighted by atomic mass is 16.6. The third kappa shape index (κ3) is 60.4. The first-order valence-corrected chi connectivity index (χ1v) is 32.2. The highest BCUT2D eigenvalue weighted by Crippen LogP contribution is 2.16. The van der Waals surface area contributed by atoms with Gasteiger partial charge in [-0.05, 0) is 103 Å². The van der Waals surface area contributed by atoms with Crippen molar-refractivity contribution in [2.45, 2.75) is 348 Å². The second kappa shape index (κ2) is 63.2. The molecule has 0 aromatic heterocycles. The van der Waals surface area contributed by atoms with Gasteiger partial charge in [-0.25, -0.2) is 0 Å². The van der Waals surface area contributed by atoms with E-state index in [4.69, 9.17) is 14.2 Å². The molecule has 422 valence electrons. The smallest absolute Gasteiger partial charge is 0.306 e. The average molecular weight is 1010 g/mol. The van der Waals surface area contributed by atoms with Gasteiger partial charge in [-0.3, -0.25) is 9.59 Å². The van der Waals surface area contributed by atoms with Gasteiger partial charge in [0.2, 0.25) is 0 Å². The Kier molecular flexibility index (Phi) is 61.3. The van der Waals surface area contributed by atoms with Crippen LogP contribution in [0.1, 0.15) is 342 Å². The lowest BCUT2D eigenvalue weighted by atomic mass is 10.1. The lowest BCUT2D eigenvalue weighted by molar-refractivity contribution is -0.163. The summed E-state index contributed by atoms with van der Waals surface area (Å²) in [6.07, 6.45) is 80.0. The van der Waals surface area contributed by atoms with Gasteiger partial charge in [0, 0.05) is 19.4 Å². The first-order valence-electron chi connectivity index (χ1n) is 32.2. The Hall–Kier alpha value is -2.14. The topological polar surface area (TPSA) is 61.8 Å². The SMILES string of the molecule is CCCCC/C=C\C/C=C\CCCCCCCCCCCC(=O)OCC(COCCCCCCCCCC/C=C\CCCCCCCC)OC(=O)CCCCCCCCCCC/C=C\CCCCCCCC. The molecule has 0 saturated carbocycles. The fourth-order valence-corrected chi connectivity index (χ4v) is 9.47. The van der Waals surface area contributed by atoms with Crippen molar-refractivity contribution < 1.29 is 23.8 Å². The summed E-state index contributed by atoms with van der Waals surface area (Å²) >= 11 is 0. The molecule has 1 unspecified atom stereocenters. The van der Waals surface area contributed by atoms with E-state index in [0.29, 0.717) is 19.4 Å². The van der Waals surface area contributed by atoms with Crippen LogP contribution in [0.4, 0.5) is 0 Å². The van der Waals surface area contributed by atoms with E-state index in [0.717, 1.165) is 44.9 Å². The molecule has 0 rings (SSSR count). The van der Waals surface area contributed by atoms with Crippen molar-refractivity contribution in [1.29, 1.82) is 0 Å². The number of ether oxygens (including phenoxy) is 3. The van der Waals surface area contributed by atoms with E-state index in [-0.39, 0.29) is 25.2 Å². The fraction of sp³-hybridized carbons (Fsp3) is 0.851. The van der Waals surface area contributed by atoms with Crippen LogP contribution in [0.3, 0.4) is 0 Å². The molecule has 0 aliphatic heterocycles. The Balaban J connectivity index is 4.26. The Bertz CT molecular complexity index is 1190. The molecule has 5 heteroatoms. The number of carbonyl (C=O) groups is 2. The maximum absolute atomic E-state index is 12.9. The minimum absolute atomic E-state index is 0.0843. The van der Waals surface area contributed by atoms with Crippen LogP contribution >= 0.6 is 0 Å². The molecule has 0 bridgehead atoms. The quantitative estimate of drug-likeness (QED) is 0.0345. The molecule has 0 aliphatic rings. The number of hydrogen-bond acceptors (Lipinski definition) is 5. The highest BCUT2D eigenvalue weighted by Gasteiger charge is 2.18. The summed E-state index contributed by atoms with van der Waals surface area (Å²) in [6, 6.07) is 0. The molecular weight excluding hydrogens is 885 g/mol. The number of allylic oxidation sites excluding steroid dienone is 8. The number of unbranched alkanes of at least 4 members (excludes halogenated alkanes) is 41. The Morgan fingerprint density at radius 3 is 0.958 bits per heavy atom. The van der Waals surface area contributed by atoms with Crippen LogP contribution < -0.4 is 0 Å². The summed E-state index contributed by atoms with van der Waals surface area (Å²) in [5, 5.41) is 0. The largest absolute Gasteiger partial charge is 0.462 e. The summed E-state index contributed by atoms with van der Waals surface area (Å²) in [5.74, 6) is -0.387. The van der Waals surface area contributed by atoms with Gasteiger partial charge in [-0.15, -0.1) is 0 Å². The van der Waals surface area contributed by atoms with Gasteiger partial charge in [-0.2, -0.15) is 0 Å². The van der Waals surface area contributed by atoms with Gasteiger partial charge in [0.05, 0.1) is 6.61 Å². The fourth-order valence-electron chi connectivity index (χ4n) is 9.47. The van der Waals surface area contributed by atoms with Crippen LogP contribution in [0.15, 0.2) is 48.6 Å². The van der Waals surface area contributed by atoms with Crippen LogP contribution in [-0.4, -0.2) is 37.9 Å². The maximum Gasteiger partial charge on any atom is 0.306 e. The zero-order valence-electron chi connectivity index (χ0n) is 48.7. The van der Waals surface area contributed by atoms with Crippen molar-refractivity contribution >= 4 is 11.9 Å². The third-order valence-corrected chi connectivity index (χ3v) is 14.3. The van der Waals surface area contributed by atoms with Crippen molar-refractivity contribution in [2.24, 2.45) is 0 Å². The summed E-state index contributed by atoms with van der Waals surface area (Å²) in [6.45, 7) is 7.85. The van der Waals surface area contributed by atoms with Crippen molar-refractivity contribution in [3.8, 4) is 0 Å². The molecule has 0 spiro atoms. The van der Waals surface area contributed by atoms with Crippen LogP contribution in [-0.2, 0) is 23.8 Å². The lowest BCUT2D eigenvalue weighted by Crippen LogP contribution is -2.30. The van der Waals surface area contributed by atoms with Crippen LogP contribution in [0.2, 0.25) is 0 Å². The number of esters is 2. The molecule has 0 fully saturated rings. The normalized spacial score (nSPS) is 12.4. The van der Waals surface area contributed by atoms with Gasteiger partial charge in [0.15, 0.2) is 6.10 Å². The average Bonchev–Trinajstić information content (AvgIpc) is 3.38. The molecule has 0 aromatic carbocycles. The van der Waals surface area contributed by atoms with E-state index in [9.17, 15) is 9.59 Å². The second-order valence-corrected chi connectivity index (χ2v) is 21.7. The van der Waals surface area contributed by atoms with Crippen molar-refractivity contribution in [1.82, 2.24) is 0 Å². The molecule has 0 heterocycles. The summed E-state index contributed by atoms with van der Waals surface area (Å²) < 4.78 is 17.6. The van der Waals surface area contributed by atoms with E-state index >= 15 is 0 Å². The van der Waals surface area contributed by atoms with Gasteiger partial charge in [0.25, 0.3) is 0 Å². The van der Waals surface area contributed by atoms with Crippen molar-refractivity contribution in [3.05, 3.63) is 48.6 Å². The lowest BCUT2D eigenvalue weighted by Gasteiger charge is -2.18. The van der Waals surface area contributed by atoms with E-state index in [1.54, 1.807) is 0 Å². The summed E-state index contributed by atoms with van der Waals surface area (Å²) in [4.78, 5) is 25.6. The van der Waals surface area contributed by atoms with Crippen molar-refractivity contribution in [3.63, 3.8) is 0 Å². The predicted octanol–water partition coefficient (Wildman–Crippen LogP) is 22.2. The Labute approximate surface area is 450 Å². The third-order valence-electron chi connectivity index (χ3n) is 14.3. The molecule has 0 saturated heterocycles. The number of rotatable bonds is 60. The minimum atomic E-state index is -0.541. The molecular formula is C67H124O5. The molecule has 1 atom stereocenters. The molecule has 0 aliphatic carbocycles. The van der Waals surface area contributed by atoms with Gasteiger partial charge >= 0.3 is 11.9 Å². The van der Waals surface area contributed by atoms with Gasteiger partial charge in [-0.1, -0.05) is 275 Å². The van der Waals surface area contributed by atoms with Crippen LogP contribution in [0, 0.1) is 0 Å². The molecule has 0 amide bonds. The van der Waals surface area contributed by atoms with E-state index < -0.39 is 6.10 Å². The predicted molar refractivity (Wildman–Crippen MR) is 316 cm³/mol. The minimum Gasteiger partial charge on any atom is -0.462 e. The molecule has 5 nitrogen and oxygen atoms in total. The summed E-state index contributed by atoms with van der Waals surface area (Å²) in [7, 11) is 0. The van der Waals surface area contributed by atoms with Crippen LogP contribution in [0.5, 0.6) is 0 Å². The van der Waals surface area contributed by atoms with E-state index in [1.807, 2.05) is 0 Å².